The van der Waals surface area contributed by atoms with Gasteiger partial charge in [0.15, 0.2) is 6.10 Å². The molecular weight excluding hydrogens is 717 g/mol. The number of phosphoric acid groups is 1. The zero-order valence-corrected chi connectivity index (χ0v) is 36.9. The summed E-state index contributed by atoms with van der Waals surface area (Å²) >= 11 is 0. The molecule has 2 N–H and O–H groups in total. The van der Waals surface area contributed by atoms with Crippen molar-refractivity contribution in [3.8, 4) is 0 Å². The predicted molar refractivity (Wildman–Crippen MR) is 226 cm³/mol. The van der Waals surface area contributed by atoms with Crippen LogP contribution in [0.15, 0.2) is 24.3 Å². The first kappa shape index (κ1) is 53.5. The van der Waals surface area contributed by atoms with Gasteiger partial charge in [-0.05, 0) is 32.1 Å². The predicted octanol–water partition coefficient (Wildman–Crippen LogP) is 11.3. The number of ether oxygens (including phenoxy) is 2. The highest BCUT2D eigenvalue weighted by molar-refractivity contribution is 7.47. The maximum absolute atomic E-state index is 12.7. The molecule has 11 heteroatoms. The Hall–Kier alpha value is -1.55. The van der Waals surface area contributed by atoms with Crippen LogP contribution in [0.3, 0.4) is 0 Å². The molecule has 55 heavy (non-hydrogen) atoms. The number of rotatable bonds is 40. The average Bonchev–Trinajstić information content (AvgIpc) is 3.12. The van der Waals surface area contributed by atoms with Gasteiger partial charge in [0.1, 0.15) is 19.8 Å². The van der Waals surface area contributed by atoms with E-state index in [0.717, 1.165) is 51.4 Å². The monoisotopic (exact) mass is 803 g/mol. The second-order valence-corrected chi connectivity index (χ2v) is 17.7. The van der Waals surface area contributed by atoms with E-state index in [-0.39, 0.29) is 32.0 Å². The van der Waals surface area contributed by atoms with Gasteiger partial charge in [-0.15, -0.1) is 0 Å². The van der Waals surface area contributed by atoms with Crippen LogP contribution in [0.5, 0.6) is 0 Å². The second-order valence-electron chi connectivity index (χ2n) is 16.3. The Bertz CT molecular complexity index is 1010. The molecule has 0 aliphatic carbocycles. The average molecular weight is 803 g/mol. The lowest BCUT2D eigenvalue weighted by molar-refractivity contribution is -0.870. The van der Waals surface area contributed by atoms with E-state index in [4.69, 9.17) is 18.5 Å². The van der Waals surface area contributed by atoms with Crippen LogP contribution in [0.4, 0.5) is 0 Å². The first-order chi connectivity index (χ1) is 26.4. The molecule has 0 heterocycles. The third kappa shape index (κ3) is 40.4. The number of carbonyl (C=O) groups is 2. The number of phosphoric ester groups is 1. The number of carbonyl (C=O) groups excluding carboxylic acids is 2. The standard InChI is InChI=1S/C44H84NO9P/c1-6-8-10-12-14-15-16-17-18-19-20-21-23-27-31-35-43(47)51-39-42(40-53-55(49,50)52-38-37-45(3,4)5)54-44(48)36-32-28-24-26-30-34-41(46)33-29-25-22-13-11-9-7-2/h22,25,29,33,41-42,46H,6-21,23-24,26-28,30-32,34-40H2,1-5H3/p+1/b25-22-,33-29+. The minimum atomic E-state index is -4.39. The molecule has 0 spiro atoms. The van der Waals surface area contributed by atoms with Crippen LogP contribution in [-0.2, 0) is 32.7 Å². The molecule has 0 aliphatic heterocycles. The highest BCUT2D eigenvalue weighted by atomic mass is 31.2. The zero-order chi connectivity index (χ0) is 40.9. The fraction of sp³-hybridized carbons (Fsp3) is 0.864. The van der Waals surface area contributed by atoms with Crippen LogP contribution < -0.4 is 0 Å². The third-order valence-electron chi connectivity index (χ3n) is 9.59. The Labute approximate surface area is 337 Å². The number of nitrogens with zero attached hydrogens (tertiary/aromatic N) is 1. The quantitative estimate of drug-likeness (QED) is 0.0204. The molecule has 0 bridgehead atoms. The number of unbranched alkanes of at least 4 members (excludes halogenated alkanes) is 21. The zero-order valence-electron chi connectivity index (χ0n) is 36.0. The summed E-state index contributed by atoms with van der Waals surface area (Å²) in [6.45, 7) is 4.28. The Balaban J connectivity index is 4.43. The van der Waals surface area contributed by atoms with E-state index in [0.29, 0.717) is 23.9 Å². The van der Waals surface area contributed by atoms with E-state index in [1.807, 2.05) is 39.4 Å². The maximum atomic E-state index is 12.7. The van der Waals surface area contributed by atoms with Crippen LogP contribution >= 0.6 is 7.82 Å². The van der Waals surface area contributed by atoms with Gasteiger partial charge >= 0.3 is 19.8 Å². The van der Waals surface area contributed by atoms with Crippen molar-refractivity contribution in [2.24, 2.45) is 0 Å². The van der Waals surface area contributed by atoms with Gasteiger partial charge in [-0.3, -0.25) is 18.6 Å². The maximum Gasteiger partial charge on any atom is 0.472 e. The number of quaternary nitrogens is 1. The van der Waals surface area contributed by atoms with E-state index in [1.165, 1.54) is 96.3 Å². The van der Waals surface area contributed by atoms with Crippen LogP contribution in [0.2, 0.25) is 0 Å². The number of likely N-dealkylation sites (N-methyl/N-ethyl adjacent to an activating group) is 1. The summed E-state index contributed by atoms with van der Waals surface area (Å²) in [6.07, 6.45) is 35.2. The van der Waals surface area contributed by atoms with Gasteiger partial charge in [0, 0.05) is 12.8 Å². The number of hydrogen-bond acceptors (Lipinski definition) is 8. The van der Waals surface area contributed by atoms with Crippen LogP contribution in [0, 0.1) is 0 Å². The van der Waals surface area contributed by atoms with Gasteiger partial charge in [0.2, 0.25) is 0 Å². The normalized spacial score (nSPS) is 14.4. The number of aliphatic hydroxyl groups is 1. The van der Waals surface area contributed by atoms with Gasteiger partial charge in [-0.1, -0.05) is 167 Å². The molecule has 0 aliphatic rings. The first-order valence-corrected chi connectivity index (χ1v) is 23.7. The largest absolute Gasteiger partial charge is 0.472 e. The molecule has 0 saturated carbocycles. The summed E-state index contributed by atoms with van der Waals surface area (Å²) in [5.74, 6) is -0.865. The van der Waals surface area contributed by atoms with Gasteiger partial charge in [-0.2, -0.15) is 0 Å². The molecule has 0 fully saturated rings. The van der Waals surface area contributed by atoms with Crippen molar-refractivity contribution in [3.63, 3.8) is 0 Å². The number of allylic oxidation sites excluding steroid dienone is 3. The number of esters is 2. The highest BCUT2D eigenvalue weighted by Gasteiger charge is 2.27. The molecule has 0 rings (SSSR count). The molecule has 3 unspecified atom stereocenters. The van der Waals surface area contributed by atoms with E-state index in [9.17, 15) is 24.2 Å². The van der Waals surface area contributed by atoms with E-state index >= 15 is 0 Å². The Morgan fingerprint density at radius 2 is 1.13 bits per heavy atom. The number of aliphatic hydroxyl groups excluding tert-OH is 1. The molecule has 0 aromatic carbocycles. The van der Waals surface area contributed by atoms with E-state index in [1.54, 1.807) is 0 Å². The molecular formula is C44H85NO9P+. The first-order valence-electron chi connectivity index (χ1n) is 22.2. The number of hydrogen-bond donors (Lipinski definition) is 2. The molecule has 0 amide bonds. The summed E-state index contributed by atoms with van der Waals surface area (Å²) in [6, 6.07) is 0. The van der Waals surface area contributed by atoms with Gasteiger partial charge in [-0.25, -0.2) is 4.57 Å². The van der Waals surface area contributed by atoms with Gasteiger partial charge < -0.3 is 24.0 Å². The van der Waals surface area contributed by atoms with Crippen molar-refractivity contribution in [1.82, 2.24) is 0 Å². The van der Waals surface area contributed by atoms with Crippen molar-refractivity contribution >= 4 is 19.8 Å². The minimum Gasteiger partial charge on any atom is -0.462 e. The lowest BCUT2D eigenvalue weighted by atomic mass is 10.0. The summed E-state index contributed by atoms with van der Waals surface area (Å²) in [4.78, 5) is 35.4. The van der Waals surface area contributed by atoms with Crippen molar-refractivity contribution in [2.45, 2.75) is 199 Å². The molecule has 324 valence electrons. The fourth-order valence-electron chi connectivity index (χ4n) is 6.03. The Morgan fingerprint density at radius 1 is 0.636 bits per heavy atom. The lowest BCUT2D eigenvalue weighted by Gasteiger charge is -2.24. The molecule has 0 aromatic rings. The molecule has 0 aromatic heterocycles. The van der Waals surface area contributed by atoms with E-state index in [2.05, 4.69) is 19.9 Å². The molecule has 3 atom stereocenters. The lowest BCUT2D eigenvalue weighted by Crippen LogP contribution is -2.37. The second kappa shape index (κ2) is 36.8. The Morgan fingerprint density at radius 3 is 1.67 bits per heavy atom. The van der Waals surface area contributed by atoms with Crippen LogP contribution in [-0.4, -0.2) is 86.1 Å². The molecule has 0 radical (unpaired) electrons. The highest BCUT2D eigenvalue weighted by Crippen LogP contribution is 2.43. The topological polar surface area (TPSA) is 129 Å². The summed E-state index contributed by atoms with van der Waals surface area (Å²) < 4.78 is 34.2. The van der Waals surface area contributed by atoms with E-state index < -0.39 is 32.6 Å². The third-order valence-corrected chi connectivity index (χ3v) is 10.6. The van der Waals surface area contributed by atoms with Crippen LogP contribution in [0.25, 0.3) is 0 Å². The molecule has 10 nitrogen and oxygen atoms in total. The van der Waals surface area contributed by atoms with Crippen LogP contribution in [0.1, 0.15) is 187 Å². The minimum absolute atomic E-state index is 0.0160. The van der Waals surface area contributed by atoms with Crippen molar-refractivity contribution in [1.29, 1.82) is 0 Å². The summed E-state index contributed by atoms with van der Waals surface area (Å²) in [7, 11) is 1.42. The summed E-state index contributed by atoms with van der Waals surface area (Å²) in [5, 5.41) is 10.2. The van der Waals surface area contributed by atoms with Gasteiger partial charge in [0.05, 0.1) is 33.9 Å². The SMILES string of the molecule is CCCCC/C=C\C=C\C(O)CCCCCCCC(=O)OC(COC(=O)CCCCCCCCCCCCCCCCC)COP(=O)(O)OCC[N+](C)(C)C. The summed E-state index contributed by atoms with van der Waals surface area (Å²) in [5.41, 5.74) is 0. The smallest absolute Gasteiger partial charge is 0.462 e. The molecule has 0 saturated heterocycles. The fourth-order valence-corrected chi connectivity index (χ4v) is 6.77. The Kier molecular flexibility index (Phi) is 35.7. The van der Waals surface area contributed by atoms with Crippen molar-refractivity contribution < 1.29 is 47.2 Å². The van der Waals surface area contributed by atoms with Crippen molar-refractivity contribution in [2.75, 3.05) is 47.5 Å². The van der Waals surface area contributed by atoms with Gasteiger partial charge in [0.25, 0.3) is 0 Å². The van der Waals surface area contributed by atoms with Crippen molar-refractivity contribution in [3.05, 3.63) is 24.3 Å².